The van der Waals surface area contributed by atoms with Gasteiger partial charge in [-0.1, -0.05) is 35.3 Å². The average molecular weight is 323 g/mol. The van der Waals surface area contributed by atoms with E-state index in [1.165, 1.54) is 0 Å². The highest BCUT2D eigenvalue weighted by Gasteiger charge is 2.08. The molecule has 0 atom stereocenters. The van der Waals surface area contributed by atoms with Crippen molar-refractivity contribution < 1.29 is 4.79 Å². The summed E-state index contributed by atoms with van der Waals surface area (Å²) in [5, 5.41) is 3.82. The van der Waals surface area contributed by atoms with Crippen LogP contribution in [0.2, 0.25) is 10.0 Å². The Morgan fingerprint density at radius 2 is 2.00 bits per heavy atom. The summed E-state index contributed by atoms with van der Waals surface area (Å²) >= 11 is 12.1. The fraction of sp³-hybridized carbons (Fsp3) is 0.250. The third-order valence-electron chi connectivity index (χ3n) is 3.02. The summed E-state index contributed by atoms with van der Waals surface area (Å²) in [6.07, 6.45) is 0.866. The third-order valence-corrected chi connectivity index (χ3v) is 3.88. The Balaban J connectivity index is 1.97. The molecule has 2 aromatic rings. The highest BCUT2D eigenvalue weighted by atomic mass is 35.5. The lowest BCUT2D eigenvalue weighted by atomic mass is 10.1. The second-order valence-electron chi connectivity index (χ2n) is 4.93. The summed E-state index contributed by atoms with van der Waals surface area (Å²) in [6, 6.07) is 9.23. The summed E-state index contributed by atoms with van der Waals surface area (Å²) in [4.78, 5) is 16.3. The molecule has 1 N–H and O–H groups in total. The second-order valence-corrected chi connectivity index (χ2v) is 5.72. The van der Waals surface area contributed by atoms with Gasteiger partial charge < -0.3 is 5.32 Å². The van der Waals surface area contributed by atoms with Crippen molar-refractivity contribution in [1.82, 2.24) is 4.98 Å². The Morgan fingerprint density at radius 3 is 2.71 bits per heavy atom. The van der Waals surface area contributed by atoms with Crippen LogP contribution in [0.25, 0.3) is 0 Å². The smallest absolute Gasteiger partial charge is 0.225 e. The SMILES string of the molecule is Cc1cc(C)nc(NC(=O)CCc2cccc(Cl)c2Cl)c1. The summed E-state index contributed by atoms with van der Waals surface area (Å²) in [5.41, 5.74) is 2.81. The molecule has 0 fully saturated rings. The molecule has 5 heteroatoms. The summed E-state index contributed by atoms with van der Waals surface area (Å²) in [6.45, 7) is 3.87. The van der Waals surface area contributed by atoms with E-state index in [-0.39, 0.29) is 5.91 Å². The zero-order valence-electron chi connectivity index (χ0n) is 11.9. The second kappa shape index (κ2) is 6.92. The number of hydrogen-bond donors (Lipinski definition) is 1. The van der Waals surface area contributed by atoms with Gasteiger partial charge in [0.15, 0.2) is 0 Å². The molecular formula is C16H16Cl2N2O. The molecule has 0 aliphatic carbocycles. The van der Waals surface area contributed by atoms with Gasteiger partial charge in [0.2, 0.25) is 5.91 Å². The van der Waals surface area contributed by atoms with Crippen molar-refractivity contribution in [2.24, 2.45) is 0 Å². The predicted molar refractivity (Wildman–Crippen MR) is 87.1 cm³/mol. The van der Waals surface area contributed by atoms with E-state index in [1.54, 1.807) is 6.07 Å². The van der Waals surface area contributed by atoms with Crippen molar-refractivity contribution in [3.63, 3.8) is 0 Å². The van der Waals surface area contributed by atoms with Gasteiger partial charge in [0.25, 0.3) is 0 Å². The van der Waals surface area contributed by atoms with Crippen molar-refractivity contribution in [3.05, 3.63) is 57.2 Å². The summed E-state index contributed by atoms with van der Waals surface area (Å²) in [5.74, 6) is 0.484. The Bertz CT molecular complexity index is 651. The van der Waals surface area contributed by atoms with Crippen LogP contribution in [0.1, 0.15) is 23.2 Å². The lowest BCUT2D eigenvalue weighted by Gasteiger charge is -2.08. The van der Waals surface area contributed by atoms with Crippen LogP contribution in [0.3, 0.4) is 0 Å². The zero-order chi connectivity index (χ0) is 15.4. The van der Waals surface area contributed by atoms with E-state index >= 15 is 0 Å². The first kappa shape index (κ1) is 15.8. The van der Waals surface area contributed by atoms with Gasteiger partial charge in [-0.25, -0.2) is 4.98 Å². The number of aromatic nitrogens is 1. The number of carbonyl (C=O) groups excluding carboxylic acids is 1. The minimum Gasteiger partial charge on any atom is -0.311 e. The van der Waals surface area contributed by atoms with Crippen molar-refractivity contribution in [2.45, 2.75) is 26.7 Å². The van der Waals surface area contributed by atoms with Crippen LogP contribution in [-0.2, 0) is 11.2 Å². The zero-order valence-corrected chi connectivity index (χ0v) is 13.4. The molecule has 1 aromatic carbocycles. The molecular weight excluding hydrogens is 307 g/mol. The molecule has 0 bridgehead atoms. The van der Waals surface area contributed by atoms with Gasteiger partial charge in [0, 0.05) is 12.1 Å². The lowest BCUT2D eigenvalue weighted by molar-refractivity contribution is -0.116. The van der Waals surface area contributed by atoms with Gasteiger partial charge in [0.1, 0.15) is 5.82 Å². The van der Waals surface area contributed by atoms with Crippen molar-refractivity contribution in [3.8, 4) is 0 Å². The minimum absolute atomic E-state index is 0.0939. The number of nitrogens with one attached hydrogen (secondary N) is 1. The first-order valence-corrected chi connectivity index (χ1v) is 7.39. The standard InChI is InChI=1S/C16H16Cl2N2O/c1-10-8-11(2)19-14(9-10)20-15(21)7-6-12-4-3-5-13(17)16(12)18/h3-5,8-9H,6-7H2,1-2H3,(H,19,20,21). The summed E-state index contributed by atoms with van der Waals surface area (Å²) in [7, 11) is 0. The molecule has 110 valence electrons. The highest BCUT2D eigenvalue weighted by Crippen LogP contribution is 2.26. The molecule has 0 radical (unpaired) electrons. The monoisotopic (exact) mass is 322 g/mol. The number of amides is 1. The van der Waals surface area contributed by atoms with Gasteiger partial charge >= 0.3 is 0 Å². The first-order valence-electron chi connectivity index (χ1n) is 6.64. The molecule has 2 rings (SSSR count). The molecule has 21 heavy (non-hydrogen) atoms. The van der Waals surface area contributed by atoms with E-state index in [0.717, 1.165) is 16.8 Å². The number of pyridine rings is 1. The molecule has 1 aromatic heterocycles. The number of rotatable bonds is 4. The highest BCUT2D eigenvalue weighted by molar-refractivity contribution is 6.42. The number of nitrogens with zero attached hydrogens (tertiary/aromatic N) is 1. The fourth-order valence-corrected chi connectivity index (χ4v) is 2.52. The Kier molecular flexibility index (Phi) is 5.21. The Labute approximate surface area is 134 Å². The number of halogens is 2. The van der Waals surface area contributed by atoms with Gasteiger partial charge in [-0.3, -0.25) is 4.79 Å². The normalized spacial score (nSPS) is 10.5. The van der Waals surface area contributed by atoms with Crippen LogP contribution >= 0.6 is 23.2 Å². The number of anilines is 1. The van der Waals surface area contributed by atoms with Crippen LogP contribution in [0.5, 0.6) is 0 Å². The molecule has 0 saturated heterocycles. The predicted octanol–water partition coefficient (Wildman–Crippen LogP) is 4.58. The fourth-order valence-electron chi connectivity index (χ4n) is 2.10. The molecule has 1 amide bonds. The van der Waals surface area contributed by atoms with E-state index in [4.69, 9.17) is 23.2 Å². The minimum atomic E-state index is -0.0939. The van der Waals surface area contributed by atoms with Crippen molar-refractivity contribution in [2.75, 3.05) is 5.32 Å². The number of benzene rings is 1. The summed E-state index contributed by atoms with van der Waals surface area (Å²) < 4.78 is 0. The van der Waals surface area contributed by atoms with Crippen LogP contribution < -0.4 is 5.32 Å². The van der Waals surface area contributed by atoms with Gasteiger partial charge in [-0.05, 0) is 49.6 Å². The molecule has 0 aliphatic heterocycles. The number of hydrogen-bond acceptors (Lipinski definition) is 2. The lowest BCUT2D eigenvalue weighted by Crippen LogP contribution is -2.14. The van der Waals surface area contributed by atoms with E-state index in [1.807, 2.05) is 38.1 Å². The Hall–Kier alpha value is -1.58. The van der Waals surface area contributed by atoms with Gasteiger partial charge in [-0.15, -0.1) is 0 Å². The maximum absolute atomic E-state index is 12.0. The topological polar surface area (TPSA) is 42.0 Å². The maximum Gasteiger partial charge on any atom is 0.225 e. The first-order chi connectivity index (χ1) is 9.95. The van der Waals surface area contributed by atoms with E-state index in [0.29, 0.717) is 28.7 Å². The molecule has 0 unspecified atom stereocenters. The number of carbonyl (C=O) groups is 1. The third kappa shape index (κ3) is 4.45. The van der Waals surface area contributed by atoms with Gasteiger partial charge in [-0.2, -0.15) is 0 Å². The van der Waals surface area contributed by atoms with Crippen LogP contribution in [0.15, 0.2) is 30.3 Å². The van der Waals surface area contributed by atoms with Crippen LogP contribution in [0.4, 0.5) is 5.82 Å². The quantitative estimate of drug-likeness (QED) is 0.895. The maximum atomic E-state index is 12.0. The largest absolute Gasteiger partial charge is 0.311 e. The average Bonchev–Trinajstić information content (AvgIpc) is 2.39. The van der Waals surface area contributed by atoms with E-state index in [2.05, 4.69) is 10.3 Å². The molecule has 1 heterocycles. The van der Waals surface area contributed by atoms with Crippen molar-refractivity contribution in [1.29, 1.82) is 0 Å². The molecule has 3 nitrogen and oxygen atoms in total. The van der Waals surface area contributed by atoms with E-state index < -0.39 is 0 Å². The number of aryl methyl sites for hydroxylation is 3. The van der Waals surface area contributed by atoms with Crippen LogP contribution in [-0.4, -0.2) is 10.9 Å². The van der Waals surface area contributed by atoms with Crippen LogP contribution in [0, 0.1) is 13.8 Å². The van der Waals surface area contributed by atoms with Crippen molar-refractivity contribution >= 4 is 34.9 Å². The van der Waals surface area contributed by atoms with Gasteiger partial charge in [0.05, 0.1) is 10.0 Å². The molecule has 0 spiro atoms. The Morgan fingerprint density at radius 1 is 1.24 bits per heavy atom. The molecule has 0 saturated carbocycles. The van der Waals surface area contributed by atoms with E-state index in [9.17, 15) is 4.79 Å². The molecule has 0 aliphatic rings.